The van der Waals surface area contributed by atoms with Crippen molar-refractivity contribution in [3.05, 3.63) is 30.9 Å². The Labute approximate surface area is 135 Å². The average molecular weight is 315 g/mol. The quantitative estimate of drug-likeness (QED) is 0.724. The second kappa shape index (κ2) is 7.70. The molecule has 3 heterocycles. The topological polar surface area (TPSA) is 101 Å². The Morgan fingerprint density at radius 2 is 1.87 bits per heavy atom. The van der Waals surface area contributed by atoms with Gasteiger partial charge in [0.05, 0.1) is 13.2 Å². The number of ether oxygens (including phenoxy) is 1. The molecule has 0 atom stereocenters. The average Bonchev–Trinajstić information content (AvgIpc) is 2.60. The van der Waals surface area contributed by atoms with Crippen molar-refractivity contribution in [1.82, 2.24) is 19.9 Å². The summed E-state index contributed by atoms with van der Waals surface area (Å²) >= 11 is 0. The van der Waals surface area contributed by atoms with Crippen molar-refractivity contribution in [3.63, 3.8) is 0 Å². The van der Waals surface area contributed by atoms with E-state index in [0.717, 1.165) is 45.1 Å². The molecule has 8 heteroatoms. The summed E-state index contributed by atoms with van der Waals surface area (Å²) in [5.74, 6) is 1.23. The van der Waals surface area contributed by atoms with Crippen LogP contribution in [0.25, 0.3) is 0 Å². The smallest absolute Gasteiger partial charge is 0.159 e. The molecule has 1 aliphatic rings. The summed E-state index contributed by atoms with van der Waals surface area (Å²) in [7, 11) is 0. The molecule has 2 aromatic heterocycles. The molecule has 0 radical (unpaired) electrons. The Morgan fingerprint density at radius 3 is 2.65 bits per heavy atom. The molecule has 0 amide bonds. The van der Waals surface area contributed by atoms with Gasteiger partial charge < -0.3 is 21.1 Å². The number of nitrogens with two attached hydrogens (primary N) is 1. The van der Waals surface area contributed by atoms with Gasteiger partial charge in [0.15, 0.2) is 11.6 Å². The first-order chi connectivity index (χ1) is 11.3. The predicted molar refractivity (Wildman–Crippen MR) is 89.7 cm³/mol. The highest BCUT2D eigenvalue weighted by molar-refractivity contribution is 5.77. The molecule has 3 rings (SSSR count). The Hall–Kier alpha value is -2.45. The maximum atomic E-state index is 6.15. The fourth-order valence-electron chi connectivity index (χ4n) is 2.37. The van der Waals surface area contributed by atoms with E-state index in [-0.39, 0.29) is 0 Å². The van der Waals surface area contributed by atoms with E-state index < -0.39 is 0 Å². The van der Waals surface area contributed by atoms with Gasteiger partial charge in [0.25, 0.3) is 0 Å². The van der Waals surface area contributed by atoms with Gasteiger partial charge in [0, 0.05) is 44.3 Å². The molecule has 4 N–H and O–H groups in total. The minimum atomic E-state index is 0.506. The molecule has 0 aromatic carbocycles. The standard InChI is InChI=1S/C15H21N7O/c16-13-14(18-5-6-22-7-9-23-10-8-22)19-11-20-15(13)21-12-1-3-17-4-2-12/h1-4,11H,5-10,16H2,(H2,17,18,19,20,21). The molecule has 0 aliphatic carbocycles. The zero-order valence-corrected chi connectivity index (χ0v) is 12.9. The number of pyridine rings is 1. The van der Waals surface area contributed by atoms with Crippen LogP contribution in [0.15, 0.2) is 30.9 Å². The molecular weight excluding hydrogens is 294 g/mol. The van der Waals surface area contributed by atoms with Crippen molar-refractivity contribution in [2.75, 3.05) is 55.8 Å². The first-order valence-electron chi connectivity index (χ1n) is 7.64. The molecule has 0 saturated carbocycles. The minimum absolute atomic E-state index is 0.506. The van der Waals surface area contributed by atoms with Gasteiger partial charge >= 0.3 is 0 Å². The molecule has 122 valence electrons. The molecular formula is C15H21N7O. The number of hydrogen-bond acceptors (Lipinski definition) is 8. The van der Waals surface area contributed by atoms with Gasteiger partial charge in [0.2, 0.25) is 0 Å². The number of anilines is 4. The van der Waals surface area contributed by atoms with E-state index in [4.69, 9.17) is 10.5 Å². The van der Waals surface area contributed by atoms with Crippen LogP contribution in [-0.2, 0) is 4.74 Å². The van der Waals surface area contributed by atoms with E-state index in [1.54, 1.807) is 12.4 Å². The van der Waals surface area contributed by atoms with Gasteiger partial charge in [-0.15, -0.1) is 0 Å². The first-order valence-corrected chi connectivity index (χ1v) is 7.64. The lowest BCUT2D eigenvalue weighted by Crippen LogP contribution is -2.39. The van der Waals surface area contributed by atoms with Gasteiger partial charge in [-0.1, -0.05) is 0 Å². The third-order valence-electron chi connectivity index (χ3n) is 3.65. The highest BCUT2D eigenvalue weighted by atomic mass is 16.5. The highest BCUT2D eigenvalue weighted by Crippen LogP contribution is 2.25. The monoisotopic (exact) mass is 315 g/mol. The van der Waals surface area contributed by atoms with Crippen molar-refractivity contribution in [1.29, 1.82) is 0 Å². The Morgan fingerprint density at radius 1 is 1.13 bits per heavy atom. The van der Waals surface area contributed by atoms with Crippen LogP contribution in [0.4, 0.5) is 23.0 Å². The van der Waals surface area contributed by atoms with Crippen LogP contribution in [0.3, 0.4) is 0 Å². The fraction of sp³-hybridized carbons (Fsp3) is 0.400. The van der Waals surface area contributed by atoms with Crippen molar-refractivity contribution in [2.45, 2.75) is 0 Å². The van der Waals surface area contributed by atoms with E-state index in [9.17, 15) is 0 Å². The third-order valence-corrected chi connectivity index (χ3v) is 3.65. The van der Waals surface area contributed by atoms with E-state index >= 15 is 0 Å². The number of nitrogens with zero attached hydrogens (tertiary/aromatic N) is 4. The summed E-state index contributed by atoms with van der Waals surface area (Å²) in [6, 6.07) is 3.71. The number of aromatic nitrogens is 3. The summed E-state index contributed by atoms with van der Waals surface area (Å²) in [6.45, 7) is 5.24. The van der Waals surface area contributed by atoms with E-state index in [2.05, 4.69) is 30.5 Å². The molecule has 2 aromatic rings. The van der Waals surface area contributed by atoms with E-state index in [0.29, 0.717) is 17.3 Å². The zero-order valence-electron chi connectivity index (χ0n) is 12.9. The number of rotatable bonds is 6. The SMILES string of the molecule is Nc1c(NCCN2CCOCC2)ncnc1Nc1ccncc1. The highest BCUT2D eigenvalue weighted by Gasteiger charge is 2.11. The van der Waals surface area contributed by atoms with E-state index in [1.807, 2.05) is 12.1 Å². The third kappa shape index (κ3) is 4.27. The molecule has 8 nitrogen and oxygen atoms in total. The fourth-order valence-corrected chi connectivity index (χ4v) is 2.37. The number of hydrogen-bond donors (Lipinski definition) is 3. The van der Waals surface area contributed by atoms with Gasteiger partial charge in [-0.3, -0.25) is 9.88 Å². The van der Waals surface area contributed by atoms with Crippen molar-refractivity contribution in [2.24, 2.45) is 0 Å². The molecule has 23 heavy (non-hydrogen) atoms. The maximum absolute atomic E-state index is 6.15. The number of nitrogen functional groups attached to an aromatic ring is 1. The lowest BCUT2D eigenvalue weighted by molar-refractivity contribution is 0.0398. The van der Waals surface area contributed by atoms with Crippen LogP contribution >= 0.6 is 0 Å². The van der Waals surface area contributed by atoms with Crippen LogP contribution in [-0.4, -0.2) is 59.2 Å². The van der Waals surface area contributed by atoms with Gasteiger partial charge in [-0.05, 0) is 12.1 Å². The summed E-state index contributed by atoms with van der Waals surface area (Å²) in [5.41, 5.74) is 7.54. The summed E-state index contributed by atoms with van der Waals surface area (Å²) < 4.78 is 5.34. The first kappa shape index (κ1) is 15.4. The maximum Gasteiger partial charge on any atom is 0.159 e. The van der Waals surface area contributed by atoms with Crippen molar-refractivity contribution in [3.8, 4) is 0 Å². The van der Waals surface area contributed by atoms with Crippen molar-refractivity contribution < 1.29 is 4.74 Å². The summed E-state index contributed by atoms with van der Waals surface area (Å²) in [5, 5.41) is 6.44. The van der Waals surface area contributed by atoms with E-state index in [1.165, 1.54) is 6.33 Å². The second-order valence-corrected chi connectivity index (χ2v) is 5.23. The predicted octanol–water partition coefficient (Wildman–Crippen LogP) is 0.942. The van der Waals surface area contributed by atoms with Crippen LogP contribution in [0.5, 0.6) is 0 Å². The molecule has 1 aliphatic heterocycles. The molecule has 0 spiro atoms. The Kier molecular flexibility index (Phi) is 5.17. The Balaban J connectivity index is 1.58. The summed E-state index contributed by atoms with van der Waals surface area (Å²) in [6.07, 6.45) is 4.92. The molecule has 0 bridgehead atoms. The van der Waals surface area contributed by atoms with Crippen LogP contribution < -0.4 is 16.4 Å². The van der Waals surface area contributed by atoms with Gasteiger partial charge in [-0.2, -0.15) is 0 Å². The Bertz CT molecular complexity index is 616. The summed E-state index contributed by atoms with van der Waals surface area (Å²) in [4.78, 5) is 14.8. The lowest BCUT2D eigenvalue weighted by Gasteiger charge is -2.26. The molecule has 1 fully saturated rings. The van der Waals surface area contributed by atoms with Gasteiger partial charge in [0.1, 0.15) is 12.0 Å². The normalized spacial score (nSPS) is 15.3. The second-order valence-electron chi connectivity index (χ2n) is 5.23. The largest absolute Gasteiger partial charge is 0.393 e. The number of morpholine rings is 1. The lowest BCUT2D eigenvalue weighted by atomic mass is 10.3. The van der Waals surface area contributed by atoms with Crippen LogP contribution in [0.2, 0.25) is 0 Å². The van der Waals surface area contributed by atoms with Gasteiger partial charge in [-0.25, -0.2) is 9.97 Å². The number of nitrogens with one attached hydrogen (secondary N) is 2. The zero-order chi connectivity index (χ0) is 15.9. The van der Waals surface area contributed by atoms with Crippen molar-refractivity contribution >= 4 is 23.0 Å². The van der Waals surface area contributed by atoms with Crippen LogP contribution in [0, 0.1) is 0 Å². The van der Waals surface area contributed by atoms with Crippen LogP contribution in [0.1, 0.15) is 0 Å². The molecule has 0 unspecified atom stereocenters. The minimum Gasteiger partial charge on any atom is -0.393 e. The molecule has 1 saturated heterocycles.